The summed E-state index contributed by atoms with van der Waals surface area (Å²) in [6, 6.07) is 30.8. The van der Waals surface area contributed by atoms with Gasteiger partial charge in [-0.15, -0.1) is 0 Å². The highest BCUT2D eigenvalue weighted by Crippen LogP contribution is 2.33. The van der Waals surface area contributed by atoms with Crippen LogP contribution in [0.4, 0.5) is 0 Å². The molecule has 6 heterocycles. The van der Waals surface area contributed by atoms with Gasteiger partial charge >= 0.3 is 0 Å². The molecule has 2 aromatic heterocycles. The first-order valence-electron chi connectivity index (χ1n) is 11.9. The summed E-state index contributed by atoms with van der Waals surface area (Å²) in [6.07, 6.45) is 3.47. The summed E-state index contributed by atoms with van der Waals surface area (Å²) in [5.74, 6) is 0. The van der Waals surface area contributed by atoms with E-state index in [9.17, 15) is 5.26 Å². The number of hydrogen-bond acceptors (Lipinski definition) is 2. The maximum Gasteiger partial charge on any atom is 0.179 e. The second-order valence-electron chi connectivity index (χ2n) is 9.35. The van der Waals surface area contributed by atoms with E-state index in [0.717, 1.165) is 19.5 Å². The standard InChI is InChI=1S/C30H24N4/c31-20-32-18-21-10-12-29-25(16-21)23-6-1-3-8-27(23)33(29)14-5-15-34-28-9-4-2-7-24(28)26-17-22(19-32)11-13-30(26)34/h1-4,6-13,16-17H,5,14-15,18-19H2. The van der Waals surface area contributed by atoms with Crippen LogP contribution in [-0.2, 0) is 26.2 Å². The number of aromatic nitrogens is 2. The topological polar surface area (TPSA) is 36.9 Å². The molecule has 10 rings (SSSR count). The first-order chi connectivity index (χ1) is 16.8. The van der Waals surface area contributed by atoms with E-state index in [1.54, 1.807) is 0 Å². The predicted octanol–water partition coefficient (Wildman–Crippen LogP) is 6.79. The molecule has 4 nitrogen and oxygen atoms in total. The molecule has 0 aliphatic carbocycles. The average Bonchev–Trinajstić information content (AvgIpc) is 3.36. The molecule has 0 N–H and O–H groups in total. The molecular formula is C30H24N4. The van der Waals surface area contributed by atoms with Crippen LogP contribution in [0.1, 0.15) is 17.5 Å². The van der Waals surface area contributed by atoms with Gasteiger partial charge in [-0.2, -0.15) is 5.26 Å². The van der Waals surface area contributed by atoms with Gasteiger partial charge in [-0.05, 0) is 53.9 Å². The molecule has 0 saturated carbocycles. The van der Waals surface area contributed by atoms with E-state index < -0.39 is 0 Å². The molecule has 6 aromatic rings. The Hall–Kier alpha value is -4.23. The number of hydrogen-bond donors (Lipinski definition) is 0. The van der Waals surface area contributed by atoms with Crippen LogP contribution in [0.2, 0.25) is 0 Å². The van der Waals surface area contributed by atoms with Crippen molar-refractivity contribution in [3.63, 3.8) is 0 Å². The van der Waals surface area contributed by atoms with Crippen molar-refractivity contribution in [2.24, 2.45) is 0 Å². The van der Waals surface area contributed by atoms with Crippen molar-refractivity contribution in [2.45, 2.75) is 32.6 Å². The third-order valence-corrected chi connectivity index (χ3v) is 7.33. The van der Waals surface area contributed by atoms with Crippen LogP contribution in [0.3, 0.4) is 0 Å². The van der Waals surface area contributed by atoms with Gasteiger partial charge in [-0.3, -0.25) is 0 Å². The fraction of sp³-hybridized carbons (Fsp3) is 0.167. The monoisotopic (exact) mass is 440 g/mol. The fourth-order valence-corrected chi connectivity index (χ4v) is 5.83. The number of fused-ring (bicyclic) bond motifs is 2. The molecule has 4 heteroatoms. The van der Waals surface area contributed by atoms with Crippen LogP contribution in [0, 0.1) is 11.5 Å². The lowest BCUT2D eigenvalue weighted by Crippen LogP contribution is -2.16. The Morgan fingerprint density at radius 1 is 0.559 bits per heavy atom. The van der Waals surface area contributed by atoms with Crippen LogP contribution >= 0.6 is 0 Å². The Kier molecular flexibility index (Phi) is 4.19. The highest BCUT2D eigenvalue weighted by Gasteiger charge is 2.16. The van der Waals surface area contributed by atoms with Crippen molar-refractivity contribution in [2.75, 3.05) is 0 Å². The summed E-state index contributed by atoms with van der Waals surface area (Å²) < 4.78 is 4.93. The van der Waals surface area contributed by atoms with Crippen molar-refractivity contribution in [3.05, 3.63) is 96.1 Å². The van der Waals surface area contributed by atoms with E-state index in [0.29, 0.717) is 13.1 Å². The van der Waals surface area contributed by atoms with Gasteiger partial charge in [0.2, 0.25) is 0 Å². The van der Waals surface area contributed by atoms with Gasteiger partial charge in [0.05, 0.1) is 13.1 Å². The summed E-state index contributed by atoms with van der Waals surface area (Å²) in [7, 11) is 0. The normalized spacial score (nSPS) is 14.4. The predicted molar refractivity (Wildman–Crippen MR) is 138 cm³/mol. The Morgan fingerprint density at radius 3 is 1.53 bits per heavy atom. The van der Waals surface area contributed by atoms with Crippen molar-refractivity contribution in [3.8, 4) is 6.19 Å². The van der Waals surface area contributed by atoms with Crippen LogP contribution in [-0.4, -0.2) is 14.0 Å². The van der Waals surface area contributed by atoms with E-state index in [-0.39, 0.29) is 0 Å². The van der Waals surface area contributed by atoms with Gasteiger partial charge < -0.3 is 14.0 Å². The maximum absolute atomic E-state index is 9.94. The Bertz CT molecular complexity index is 1640. The summed E-state index contributed by atoms with van der Waals surface area (Å²) in [5.41, 5.74) is 7.44. The lowest BCUT2D eigenvalue weighted by Gasteiger charge is -2.17. The van der Waals surface area contributed by atoms with Crippen LogP contribution in [0.15, 0.2) is 84.9 Å². The minimum atomic E-state index is 0.603. The minimum absolute atomic E-state index is 0.603. The van der Waals surface area contributed by atoms with Crippen LogP contribution < -0.4 is 0 Å². The molecule has 0 unspecified atom stereocenters. The van der Waals surface area contributed by atoms with E-state index in [4.69, 9.17) is 0 Å². The molecule has 0 radical (unpaired) electrons. The third kappa shape index (κ3) is 2.84. The third-order valence-electron chi connectivity index (χ3n) is 7.33. The smallest absolute Gasteiger partial charge is 0.179 e. The number of aryl methyl sites for hydroxylation is 2. The summed E-state index contributed by atoms with van der Waals surface area (Å²) >= 11 is 0. The highest BCUT2D eigenvalue weighted by molar-refractivity contribution is 6.09. The number of para-hydroxylation sites is 2. The molecule has 0 fully saturated rings. The molecule has 4 aliphatic heterocycles. The summed E-state index contributed by atoms with van der Waals surface area (Å²) in [6.45, 7) is 3.12. The minimum Gasteiger partial charge on any atom is -0.340 e. The number of benzene rings is 4. The molecule has 0 amide bonds. The number of rotatable bonds is 0. The summed E-state index contributed by atoms with van der Waals surface area (Å²) in [5, 5.41) is 15.1. The number of nitriles is 1. The first-order valence-corrected chi connectivity index (χ1v) is 11.9. The van der Waals surface area contributed by atoms with Gasteiger partial charge in [0.1, 0.15) is 0 Å². The average molecular weight is 441 g/mol. The van der Waals surface area contributed by atoms with Crippen molar-refractivity contribution >= 4 is 43.6 Å². The number of nitrogens with zero attached hydrogens (tertiary/aromatic N) is 4. The molecule has 34 heavy (non-hydrogen) atoms. The Labute approximate surface area is 197 Å². The highest BCUT2D eigenvalue weighted by atomic mass is 15.1. The Morgan fingerprint density at radius 2 is 1.03 bits per heavy atom. The SMILES string of the molecule is N#CN1Cc2ccc3c(c2)c2ccccc2n3CCCn2c3ccccc3c3cc(ccc32)C1. The quantitative estimate of drug-likeness (QED) is 0.244. The van der Waals surface area contributed by atoms with E-state index in [2.05, 4.69) is 100 Å². The van der Waals surface area contributed by atoms with Crippen LogP contribution in [0.25, 0.3) is 43.6 Å². The van der Waals surface area contributed by atoms with E-state index >= 15 is 0 Å². The van der Waals surface area contributed by atoms with Gasteiger partial charge in [-0.25, -0.2) is 0 Å². The summed E-state index contributed by atoms with van der Waals surface area (Å²) in [4.78, 5) is 1.85. The van der Waals surface area contributed by atoms with E-state index in [1.807, 2.05) is 4.90 Å². The van der Waals surface area contributed by atoms with Gasteiger partial charge in [0.25, 0.3) is 0 Å². The first kappa shape index (κ1) is 19.3. The van der Waals surface area contributed by atoms with E-state index in [1.165, 1.54) is 54.7 Å². The molecule has 8 bridgehead atoms. The molecular weight excluding hydrogens is 416 g/mol. The van der Waals surface area contributed by atoms with Crippen molar-refractivity contribution < 1.29 is 0 Å². The van der Waals surface area contributed by atoms with Gasteiger partial charge in [-0.1, -0.05) is 48.5 Å². The van der Waals surface area contributed by atoms with Crippen LogP contribution in [0.5, 0.6) is 0 Å². The lowest BCUT2D eigenvalue weighted by molar-refractivity contribution is 0.379. The zero-order valence-electron chi connectivity index (χ0n) is 18.9. The maximum atomic E-state index is 9.94. The zero-order chi connectivity index (χ0) is 22.6. The molecule has 4 aliphatic rings. The van der Waals surface area contributed by atoms with Crippen molar-refractivity contribution in [1.82, 2.24) is 14.0 Å². The molecule has 164 valence electrons. The van der Waals surface area contributed by atoms with Gasteiger partial charge in [0, 0.05) is 56.7 Å². The fourth-order valence-electron chi connectivity index (χ4n) is 5.83. The van der Waals surface area contributed by atoms with Gasteiger partial charge in [0.15, 0.2) is 6.19 Å². The molecule has 0 atom stereocenters. The molecule has 4 aromatic carbocycles. The largest absolute Gasteiger partial charge is 0.340 e. The lowest BCUT2D eigenvalue weighted by atomic mass is 10.1. The Balaban J connectivity index is 1.46. The zero-order valence-corrected chi connectivity index (χ0v) is 18.9. The second kappa shape index (κ2) is 7.40. The second-order valence-corrected chi connectivity index (χ2v) is 9.35. The molecule has 0 spiro atoms. The molecule has 0 saturated heterocycles. The van der Waals surface area contributed by atoms with Crippen molar-refractivity contribution in [1.29, 1.82) is 5.26 Å².